The molecule has 9 heteroatoms. The maximum atomic E-state index is 17.3. The second kappa shape index (κ2) is 17.5. The molecule has 4 rings (SSSR count). The summed E-state index contributed by atoms with van der Waals surface area (Å²) in [5.41, 5.74) is -2.04. The standard InChI is InChI=1S/2C16H22F2NO.2C5H5.Ti/c2*1-4-6-7-10-16(3,5-2)15(20)19-14-9-8-12(17)11-13(14)18;2*1-2-4-5-3-1;/h2*8-9H,4-7,10H2,1-3H3,(H,19,20);2*1-5H;. The monoisotopic (exact) mass is 742 g/mol. The third kappa shape index (κ3) is 8.22. The third-order valence-electron chi connectivity index (χ3n) is 11.4. The summed E-state index contributed by atoms with van der Waals surface area (Å²) in [7, 11) is 0. The number of amides is 2. The van der Waals surface area contributed by atoms with Crippen molar-refractivity contribution in [3.63, 3.8) is 0 Å². The summed E-state index contributed by atoms with van der Waals surface area (Å²) in [4.78, 5) is 27.4. The van der Waals surface area contributed by atoms with Crippen LogP contribution in [-0.2, 0) is 26.2 Å². The second-order valence-electron chi connectivity index (χ2n) is 14.7. The average molecular weight is 743 g/mol. The van der Waals surface area contributed by atoms with Crippen molar-refractivity contribution in [2.45, 2.75) is 114 Å². The Kier molecular flexibility index (Phi) is 13.9. The molecule has 4 nitrogen and oxygen atoms in total. The zero-order valence-corrected chi connectivity index (χ0v) is 32.5. The predicted molar refractivity (Wildman–Crippen MR) is 198 cm³/mol. The Morgan fingerprint density at radius 3 is 1.27 bits per heavy atom. The fourth-order valence-electron chi connectivity index (χ4n) is 7.52. The van der Waals surface area contributed by atoms with Gasteiger partial charge in [0.05, 0.1) is 0 Å². The van der Waals surface area contributed by atoms with Crippen molar-refractivity contribution < 1.29 is 43.7 Å². The molecule has 0 heterocycles. The number of hydrogen-bond acceptors (Lipinski definition) is 2. The Bertz CT molecular complexity index is 1550. The van der Waals surface area contributed by atoms with Gasteiger partial charge in [0.25, 0.3) is 0 Å². The van der Waals surface area contributed by atoms with Crippen molar-refractivity contribution in [3.05, 3.63) is 96.1 Å². The topological polar surface area (TPSA) is 58.2 Å². The van der Waals surface area contributed by atoms with Crippen molar-refractivity contribution in [1.82, 2.24) is 0 Å². The Morgan fingerprint density at radius 2 is 0.961 bits per heavy atom. The van der Waals surface area contributed by atoms with Crippen molar-refractivity contribution >= 4 is 30.9 Å². The first-order chi connectivity index (χ1) is 24.3. The van der Waals surface area contributed by atoms with E-state index >= 15 is 17.6 Å². The molecule has 2 aliphatic carbocycles. The summed E-state index contributed by atoms with van der Waals surface area (Å²) >= 11 is -5.14. The molecule has 2 N–H and O–H groups in total. The second-order valence-corrected chi connectivity index (χ2v) is 21.0. The fraction of sp³-hybridized carbons (Fsp3) is 0.476. The fourth-order valence-corrected chi connectivity index (χ4v) is 16.3. The molecule has 0 saturated heterocycles. The molecule has 0 fully saturated rings. The van der Waals surface area contributed by atoms with E-state index in [0.717, 1.165) is 50.7 Å². The minimum absolute atomic E-state index is 0.227. The van der Waals surface area contributed by atoms with Crippen LogP contribution in [0.5, 0.6) is 0 Å². The number of hydrogen-bond donors (Lipinski definition) is 2. The number of allylic oxidation sites excluding steroid dienone is 8. The Balaban J connectivity index is 1.94. The molecule has 0 spiro atoms. The third-order valence-corrected chi connectivity index (χ3v) is 19.9. The minimum atomic E-state index is -5.14. The molecule has 2 aromatic carbocycles. The first-order valence-corrected chi connectivity index (χ1v) is 22.0. The van der Waals surface area contributed by atoms with Crippen molar-refractivity contribution in [3.8, 4) is 0 Å². The van der Waals surface area contributed by atoms with Crippen LogP contribution in [0.25, 0.3) is 0 Å². The Morgan fingerprint density at radius 1 is 0.608 bits per heavy atom. The number of rotatable bonds is 18. The van der Waals surface area contributed by atoms with Gasteiger partial charge in [-0.15, -0.1) is 0 Å². The van der Waals surface area contributed by atoms with Crippen LogP contribution in [0.2, 0.25) is 8.45 Å². The van der Waals surface area contributed by atoms with Crippen LogP contribution in [0.4, 0.5) is 28.9 Å². The molecule has 2 amide bonds. The number of unbranched alkanes of at least 4 members (excludes halogenated alkanes) is 4. The van der Waals surface area contributed by atoms with Gasteiger partial charge >= 0.3 is 306 Å². The first kappa shape index (κ1) is 40.5. The van der Waals surface area contributed by atoms with Gasteiger partial charge in [-0.05, 0) is 0 Å². The summed E-state index contributed by atoms with van der Waals surface area (Å²) in [5.74, 6) is -4.71. The average Bonchev–Trinajstić information content (AvgIpc) is 3.86. The van der Waals surface area contributed by atoms with Gasteiger partial charge in [-0.2, -0.15) is 0 Å². The Hall–Kier alpha value is -3.23. The van der Waals surface area contributed by atoms with E-state index < -0.39 is 78.7 Å². The van der Waals surface area contributed by atoms with Gasteiger partial charge in [-0.25, -0.2) is 0 Å². The zero-order chi connectivity index (χ0) is 37.4. The van der Waals surface area contributed by atoms with Crippen LogP contribution in [0, 0.1) is 34.1 Å². The van der Waals surface area contributed by atoms with Crippen LogP contribution < -0.4 is 18.4 Å². The van der Waals surface area contributed by atoms with Gasteiger partial charge in [0, 0.05) is 0 Å². The molecule has 0 saturated carbocycles. The summed E-state index contributed by atoms with van der Waals surface area (Å²) < 4.78 is 65.5. The SMILES string of the molecule is CCCCCC(C)(CC)C(=O)Nc1ccc(F)[c]([Ti]([c]2c(F)ccc(NC(=O)C(C)(CC)CCCCC)c2F)([CH]2C=CC=C2)[CH]2C=CC=C2)c1F. The van der Waals surface area contributed by atoms with Crippen molar-refractivity contribution in [2.75, 3.05) is 10.6 Å². The van der Waals surface area contributed by atoms with Gasteiger partial charge in [-0.3, -0.25) is 0 Å². The molecule has 2 aliphatic rings. The molecule has 0 radical (unpaired) electrons. The van der Waals surface area contributed by atoms with Gasteiger partial charge in [0.2, 0.25) is 0 Å². The molecule has 51 heavy (non-hydrogen) atoms. The Labute approximate surface area is 305 Å². The summed E-state index contributed by atoms with van der Waals surface area (Å²) in [6.07, 6.45) is 21.6. The number of nitrogens with one attached hydrogen (secondary N) is 2. The van der Waals surface area contributed by atoms with Crippen LogP contribution in [0.1, 0.15) is 106 Å². The van der Waals surface area contributed by atoms with Crippen LogP contribution in [-0.4, -0.2) is 11.8 Å². The summed E-state index contributed by atoms with van der Waals surface area (Å²) in [5, 5.41) is 5.49. The molecule has 0 bridgehead atoms. The molecule has 2 aromatic rings. The normalized spacial score (nSPS) is 16.8. The number of carbonyl (C=O) groups excluding carboxylic acids is 2. The van der Waals surface area contributed by atoms with E-state index in [1.165, 1.54) is 12.1 Å². The zero-order valence-electron chi connectivity index (χ0n) is 31.0. The maximum absolute atomic E-state index is 17.3. The van der Waals surface area contributed by atoms with Crippen LogP contribution >= 0.6 is 0 Å². The number of anilines is 2. The van der Waals surface area contributed by atoms with E-state index in [1.54, 1.807) is 48.6 Å². The van der Waals surface area contributed by atoms with E-state index in [4.69, 9.17) is 0 Å². The predicted octanol–water partition coefficient (Wildman–Crippen LogP) is 11.0. The van der Waals surface area contributed by atoms with Gasteiger partial charge in [0.1, 0.15) is 0 Å². The number of carbonyl (C=O) groups is 2. The van der Waals surface area contributed by atoms with Crippen molar-refractivity contribution in [2.24, 2.45) is 10.8 Å². The molecule has 0 aliphatic heterocycles. The van der Waals surface area contributed by atoms with Crippen LogP contribution in [0.15, 0.2) is 72.9 Å². The molecule has 2 atom stereocenters. The summed E-state index contributed by atoms with van der Waals surface area (Å²) in [6, 6.07) is 4.55. The van der Waals surface area contributed by atoms with E-state index in [0.29, 0.717) is 25.7 Å². The van der Waals surface area contributed by atoms with Crippen molar-refractivity contribution in [1.29, 1.82) is 0 Å². The van der Waals surface area contributed by atoms with Gasteiger partial charge in [0.15, 0.2) is 0 Å². The quantitative estimate of drug-likeness (QED) is 0.0908. The molecular formula is C42H54F4N2O2Ti. The molecule has 0 aromatic heterocycles. The van der Waals surface area contributed by atoms with E-state index in [-0.39, 0.29) is 11.4 Å². The van der Waals surface area contributed by atoms with Gasteiger partial charge < -0.3 is 0 Å². The van der Waals surface area contributed by atoms with Gasteiger partial charge in [-0.1, -0.05) is 0 Å². The summed E-state index contributed by atoms with van der Waals surface area (Å²) in [6.45, 7) is 11.6. The van der Waals surface area contributed by atoms with Crippen LogP contribution in [0.3, 0.4) is 0 Å². The van der Waals surface area contributed by atoms with E-state index in [2.05, 4.69) is 24.5 Å². The number of halogens is 4. The molecule has 2 unspecified atom stereocenters. The molecule has 276 valence electrons. The van der Waals surface area contributed by atoms with E-state index in [9.17, 15) is 9.59 Å². The van der Waals surface area contributed by atoms with E-state index in [1.807, 2.05) is 27.7 Å². The number of benzene rings is 2. The first-order valence-electron chi connectivity index (χ1n) is 18.6. The molecular weight excluding hydrogens is 688 g/mol.